The molecule has 2 atom stereocenters. The molecule has 0 aliphatic carbocycles. The van der Waals surface area contributed by atoms with Crippen LogP contribution in [-0.2, 0) is 10.8 Å². The number of thiophene rings is 1. The molecule has 0 amide bonds. The third-order valence-corrected chi connectivity index (χ3v) is 7.48. The number of benzene rings is 3. The van der Waals surface area contributed by atoms with Crippen LogP contribution in [0.1, 0.15) is 46.4 Å². The fraction of sp³-hybridized carbons (Fsp3) is 0.259. The van der Waals surface area contributed by atoms with Crippen molar-refractivity contribution in [1.82, 2.24) is 0 Å². The van der Waals surface area contributed by atoms with Gasteiger partial charge in [0.05, 0.1) is 12.7 Å². The van der Waals surface area contributed by atoms with E-state index < -0.39 is 40.4 Å². The highest BCUT2D eigenvalue weighted by Crippen LogP contribution is 2.42. The van der Waals surface area contributed by atoms with Crippen molar-refractivity contribution in [2.24, 2.45) is 0 Å². The number of hydrogen-bond acceptors (Lipinski definition) is 3. The highest BCUT2D eigenvalue weighted by atomic mass is 32.1. The first-order valence-corrected chi connectivity index (χ1v) is 12.1. The van der Waals surface area contributed by atoms with E-state index in [2.05, 4.69) is 0 Å². The van der Waals surface area contributed by atoms with Crippen LogP contribution in [0.5, 0.6) is 5.75 Å². The average molecular weight is 523 g/mol. The van der Waals surface area contributed by atoms with E-state index in [-0.39, 0.29) is 29.2 Å². The summed E-state index contributed by atoms with van der Waals surface area (Å²) in [7, 11) is 0. The van der Waals surface area contributed by atoms with Gasteiger partial charge in [-0.2, -0.15) is 8.78 Å². The van der Waals surface area contributed by atoms with Crippen LogP contribution < -0.4 is 4.74 Å². The van der Waals surface area contributed by atoms with Crippen molar-refractivity contribution in [3.63, 3.8) is 0 Å². The quantitative estimate of drug-likeness (QED) is 0.193. The van der Waals surface area contributed by atoms with Gasteiger partial charge in [-0.05, 0) is 66.8 Å². The molecule has 0 radical (unpaired) electrons. The van der Waals surface area contributed by atoms with E-state index in [0.717, 1.165) is 23.3 Å². The summed E-state index contributed by atoms with van der Waals surface area (Å²) in [4.78, 5) is -0.785. The SMILES string of the molecule is Cc1ccc2c(F)c(C(F)(F)Oc3ccc(C4CCC(c5cc(F)c(F)c(F)c5)OC4)cc3)sc2c1. The Morgan fingerprint density at radius 2 is 1.56 bits per heavy atom. The van der Waals surface area contributed by atoms with Crippen molar-refractivity contribution in [2.75, 3.05) is 6.61 Å². The van der Waals surface area contributed by atoms with Crippen molar-refractivity contribution in [2.45, 2.75) is 37.9 Å². The maximum atomic E-state index is 14.8. The van der Waals surface area contributed by atoms with Crippen molar-refractivity contribution >= 4 is 21.4 Å². The van der Waals surface area contributed by atoms with Gasteiger partial charge in [0.1, 0.15) is 5.75 Å². The van der Waals surface area contributed by atoms with Gasteiger partial charge in [-0.15, -0.1) is 11.3 Å². The number of fused-ring (bicyclic) bond motifs is 1. The van der Waals surface area contributed by atoms with Gasteiger partial charge in [-0.1, -0.05) is 24.3 Å². The fourth-order valence-electron chi connectivity index (χ4n) is 4.40. The van der Waals surface area contributed by atoms with E-state index in [1.54, 1.807) is 31.2 Å². The third kappa shape index (κ3) is 4.69. The Labute approximate surface area is 207 Å². The lowest BCUT2D eigenvalue weighted by atomic mass is 9.89. The zero-order chi connectivity index (χ0) is 25.6. The molecule has 1 saturated heterocycles. The lowest BCUT2D eigenvalue weighted by molar-refractivity contribution is -0.184. The molecule has 0 N–H and O–H groups in total. The lowest BCUT2D eigenvalue weighted by Gasteiger charge is -2.30. The largest absolute Gasteiger partial charge is 0.439 e. The standard InChI is InChI=1S/C27H20F6O2S/c1-14-2-8-19-23(10-14)36-26(24(19)30)27(32,33)35-18-6-3-15(4-7-18)16-5-9-22(34-13-16)17-11-20(28)25(31)21(29)12-17/h2-4,6-8,10-12,16,22H,5,9,13H2,1H3. The lowest BCUT2D eigenvalue weighted by Crippen LogP contribution is -2.22. The molecule has 2 unspecified atom stereocenters. The number of hydrogen-bond donors (Lipinski definition) is 0. The molecule has 2 heterocycles. The Bertz CT molecular complexity index is 1390. The van der Waals surface area contributed by atoms with Crippen LogP contribution in [0, 0.1) is 30.2 Å². The molecular weight excluding hydrogens is 502 g/mol. The Kier molecular flexibility index (Phi) is 6.46. The Hall–Kier alpha value is -3.04. The molecule has 2 nitrogen and oxygen atoms in total. The molecule has 1 aliphatic rings. The molecular formula is C27H20F6O2S. The van der Waals surface area contributed by atoms with E-state index in [9.17, 15) is 26.3 Å². The summed E-state index contributed by atoms with van der Waals surface area (Å²) in [5.74, 6) is -5.25. The summed E-state index contributed by atoms with van der Waals surface area (Å²) in [5, 5.41) is 0.126. The van der Waals surface area contributed by atoms with E-state index in [1.807, 2.05) is 0 Å². The van der Waals surface area contributed by atoms with E-state index >= 15 is 0 Å². The van der Waals surface area contributed by atoms with Gasteiger partial charge in [0.2, 0.25) is 0 Å². The zero-order valence-corrected chi connectivity index (χ0v) is 19.8. The topological polar surface area (TPSA) is 18.5 Å². The number of halogens is 6. The van der Waals surface area contributed by atoms with Crippen molar-refractivity contribution in [1.29, 1.82) is 0 Å². The first-order chi connectivity index (χ1) is 17.1. The normalized spacial score (nSPS) is 18.5. The van der Waals surface area contributed by atoms with Crippen LogP contribution in [0.25, 0.3) is 10.1 Å². The molecule has 0 bridgehead atoms. The van der Waals surface area contributed by atoms with E-state index in [4.69, 9.17) is 9.47 Å². The van der Waals surface area contributed by atoms with Crippen LogP contribution in [-0.4, -0.2) is 6.61 Å². The minimum atomic E-state index is -3.86. The highest BCUT2D eigenvalue weighted by molar-refractivity contribution is 7.19. The summed E-state index contributed by atoms with van der Waals surface area (Å²) >= 11 is 0.657. The van der Waals surface area contributed by atoms with Gasteiger partial charge >= 0.3 is 6.11 Å². The summed E-state index contributed by atoms with van der Waals surface area (Å²) in [6.07, 6.45) is -3.39. The number of aryl methyl sites for hydroxylation is 1. The van der Waals surface area contributed by atoms with E-state index in [0.29, 0.717) is 28.9 Å². The van der Waals surface area contributed by atoms with E-state index in [1.165, 1.54) is 18.2 Å². The molecule has 1 aliphatic heterocycles. The van der Waals surface area contributed by atoms with Crippen LogP contribution in [0.2, 0.25) is 0 Å². The Balaban J connectivity index is 1.26. The van der Waals surface area contributed by atoms with Crippen molar-refractivity contribution in [3.05, 3.63) is 99.4 Å². The van der Waals surface area contributed by atoms with Crippen LogP contribution in [0.4, 0.5) is 26.3 Å². The molecule has 1 aromatic heterocycles. The van der Waals surface area contributed by atoms with Crippen molar-refractivity contribution < 1.29 is 35.8 Å². The van der Waals surface area contributed by atoms with Gasteiger partial charge in [-0.25, -0.2) is 17.6 Å². The second-order valence-corrected chi connectivity index (χ2v) is 9.88. The van der Waals surface area contributed by atoms with Gasteiger partial charge in [0.15, 0.2) is 28.1 Å². The fourth-order valence-corrected chi connectivity index (χ4v) is 5.49. The van der Waals surface area contributed by atoms with Gasteiger partial charge < -0.3 is 9.47 Å². The molecule has 0 spiro atoms. The average Bonchev–Trinajstić information content (AvgIpc) is 3.19. The second kappa shape index (κ2) is 9.44. The summed E-state index contributed by atoms with van der Waals surface area (Å²) in [5.41, 5.74) is 1.87. The Morgan fingerprint density at radius 3 is 2.19 bits per heavy atom. The summed E-state index contributed by atoms with van der Waals surface area (Å²) in [6, 6.07) is 12.7. The molecule has 36 heavy (non-hydrogen) atoms. The van der Waals surface area contributed by atoms with Crippen LogP contribution in [0.3, 0.4) is 0 Å². The molecule has 9 heteroatoms. The maximum absolute atomic E-state index is 14.8. The van der Waals surface area contributed by atoms with Gasteiger partial charge in [0.25, 0.3) is 0 Å². The maximum Gasteiger partial charge on any atom is 0.439 e. The second-order valence-electron chi connectivity index (χ2n) is 8.83. The number of ether oxygens (including phenoxy) is 2. The third-order valence-electron chi connectivity index (χ3n) is 6.30. The molecule has 188 valence electrons. The van der Waals surface area contributed by atoms with Crippen molar-refractivity contribution in [3.8, 4) is 5.75 Å². The number of rotatable bonds is 5. The Morgan fingerprint density at radius 1 is 0.861 bits per heavy atom. The number of alkyl halides is 2. The summed E-state index contributed by atoms with van der Waals surface area (Å²) in [6.45, 7) is 2.03. The minimum absolute atomic E-state index is 0.0748. The first-order valence-electron chi connectivity index (χ1n) is 11.2. The first kappa shape index (κ1) is 24.6. The highest BCUT2D eigenvalue weighted by Gasteiger charge is 2.40. The van der Waals surface area contributed by atoms with Crippen LogP contribution in [0.15, 0.2) is 54.6 Å². The minimum Gasteiger partial charge on any atom is -0.428 e. The smallest absolute Gasteiger partial charge is 0.428 e. The van der Waals surface area contributed by atoms with Gasteiger partial charge in [0, 0.05) is 16.0 Å². The molecule has 5 rings (SSSR count). The molecule has 1 fully saturated rings. The predicted octanol–water partition coefficient (Wildman–Crippen LogP) is 8.53. The monoisotopic (exact) mass is 522 g/mol. The zero-order valence-electron chi connectivity index (χ0n) is 19.0. The molecule has 4 aromatic rings. The van der Waals surface area contributed by atoms with Crippen LogP contribution >= 0.6 is 11.3 Å². The molecule has 3 aromatic carbocycles. The predicted molar refractivity (Wildman–Crippen MR) is 124 cm³/mol. The van der Waals surface area contributed by atoms with Gasteiger partial charge in [-0.3, -0.25) is 0 Å². The molecule has 0 saturated carbocycles. The summed E-state index contributed by atoms with van der Waals surface area (Å²) < 4.78 is 95.7.